The fraction of sp³-hybridized carbons (Fsp3) is 0.429. The molecule has 1 unspecified atom stereocenters. The van der Waals surface area contributed by atoms with E-state index in [1.54, 1.807) is 6.92 Å². The van der Waals surface area contributed by atoms with Gasteiger partial charge in [0.25, 0.3) is 5.91 Å². The number of urea groups is 1. The zero-order valence-corrected chi connectivity index (χ0v) is 12.9. The lowest BCUT2D eigenvalue weighted by molar-refractivity contribution is -0.385. The monoisotopic (exact) mass is 322 g/mol. The number of ether oxygens (including phenoxy) is 1. The summed E-state index contributed by atoms with van der Waals surface area (Å²) in [6.45, 7) is 3.71. The Kier molecular flexibility index (Phi) is 4.50. The Bertz CT molecular complexity index is 663. The molecule has 0 spiro atoms. The molecule has 3 amide bonds. The summed E-state index contributed by atoms with van der Waals surface area (Å²) in [7, 11) is 0. The summed E-state index contributed by atoms with van der Waals surface area (Å²) < 4.78 is 5.22. The van der Waals surface area contributed by atoms with Crippen molar-refractivity contribution in [3.05, 3.63) is 33.9 Å². The van der Waals surface area contributed by atoms with Gasteiger partial charge in [-0.2, -0.15) is 0 Å². The van der Waals surface area contributed by atoms with Crippen LogP contribution in [0.15, 0.2) is 18.2 Å². The van der Waals surface area contributed by atoms with Crippen LogP contribution >= 0.6 is 0 Å². The first-order chi connectivity index (χ1) is 10.8. The van der Waals surface area contributed by atoms with E-state index in [2.05, 4.69) is 5.32 Å². The van der Waals surface area contributed by atoms with Crippen LogP contribution in [0.1, 0.15) is 19.4 Å². The summed E-state index contributed by atoms with van der Waals surface area (Å²) in [5.41, 5.74) is 4.08. The minimum atomic E-state index is -1.37. The molecule has 0 saturated carbocycles. The number of hydrogen-bond acceptors (Lipinski definition) is 6. The van der Waals surface area contributed by atoms with E-state index in [0.717, 1.165) is 4.90 Å². The molecule has 23 heavy (non-hydrogen) atoms. The number of imide groups is 1. The van der Waals surface area contributed by atoms with E-state index in [1.165, 1.54) is 25.1 Å². The van der Waals surface area contributed by atoms with E-state index in [4.69, 9.17) is 10.5 Å². The van der Waals surface area contributed by atoms with Gasteiger partial charge in [-0.1, -0.05) is 6.07 Å². The largest absolute Gasteiger partial charge is 0.487 e. The third-order valence-corrected chi connectivity index (χ3v) is 3.66. The number of rotatable bonds is 6. The summed E-state index contributed by atoms with van der Waals surface area (Å²) in [6, 6.07) is 3.63. The molecule has 1 aliphatic heterocycles. The van der Waals surface area contributed by atoms with E-state index in [0.29, 0.717) is 5.56 Å². The van der Waals surface area contributed by atoms with Crippen LogP contribution in [0.2, 0.25) is 0 Å². The van der Waals surface area contributed by atoms with Gasteiger partial charge in [-0.25, -0.2) is 4.79 Å². The van der Waals surface area contributed by atoms with Crippen LogP contribution in [-0.2, 0) is 10.3 Å². The lowest BCUT2D eigenvalue weighted by Gasteiger charge is -2.22. The zero-order chi connectivity index (χ0) is 17.2. The fourth-order valence-corrected chi connectivity index (χ4v) is 2.47. The molecule has 0 aromatic heterocycles. The number of amides is 3. The third kappa shape index (κ3) is 2.82. The summed E-state index contributed by atoms with van der Waals surface area (Å²) in [5, 5.41) is 13.8. The van der Waals surface area contributed by atoms with E-state index < -0.39 is 22.4 Å². The van der Waals surface area contributed by atoms with Crippen LogP contribution in [0.5, 0.6) is 5.75 Å². The van der Waals surface area contributed by atoms with E-state index in [-0.39, 0.29) is 31.1 Å². The van der Waals surface area contributed by atoms with E-state index in [1.807, 2.05) is 0 Å². The predicted molar refractivity (Wildman–Crippen MR) is 80.9 cm³/mol. The molecule has 1 aliphatic rings. The molecule has 1 fully saturated rings. The van der Waals surface area contributed by atoms with Gasteiger partial charge in [0, 0.05) is 19.2 Å². The minimum absolute atomic E-state index is 0.0827. The van der Waals surface area contributed by atoms with Gasteiger partial charge in [-0.05, 0) is 25.5 Å². The Morgan fingerprint density at radius 2 is 2.13 bits per heavy atom. The van der Waals surface area contributed by atoms with Crippen LogP contribution in [0.4, 0.5) is 10.5 Å². The first kappa shape index (κ1) is 16.7. The Hall–Kier alpha value is -2.68. The minimum Gasteiger partial charge on any atom is -0.487 e. The number of nitrogens with two attached hydrogens (primary N) is 1. The second kappa shape index (κ2) is 6.21. The van der Waals surface area contributed by atoms with Crippen LogP contribution in [0.25, 0.3) is 0 Å². The number of nitro benzene ring substituents is 1. The smallest absolute Gasteiger partial charge is 0.325 e. The topological polar surface area (TPSA) is 128 Å². The van der Waals surface area contributed by atoms with Crippen molar-refractivity contribution in [1.82, 2.24) is 10.2 Å². The van der Waals surface area contributed by atoms with Crippen molar-refractivity contribution in [3.63, 3.8) is 0 Å². The molecule has 1 atom stereocenters. The number of nitrogens with one attached hydrogen (secondary N) is 1. The van der Waals surface area contributed by atoms with Crippen LogP contribution in [-0.4, -0.2) is 41.5 Å². The lowest BCUT2D eigenvalue weighted by atomic mass is 9.91. The molecule has 2 rings (SSSR count). The third-order valence-electron chi connectivity index (χ3n) is 3.66. The lowest BCUT2D eigenvalue weighted by Crippen LogP contribution is -2.41. The molecule has 124 valence electrons. The maximum atomic E-state index is 12.5. The summed E-state index contributed by atoms with van der Waals surface area (Å²) in [4.78, 5) is 36.1. The van der Waals surface area contributed by atoms with Crippen molar-refractivity contribution in [2.24, 2.45) is 5.73 Å². The zero-order valence-electron chi connectivity index (χ0n) is 12.9. The maximum absolute atomic E-state index is 12.5. The number of nitrogens with zero attached hydrogens (tertiary/aromatic N) is 2. The number of nitro groups is 1. The fourth-order valence-electron chi connectivity index (χ4n) is 2.47. The normalized spacial score (nSPS) is 20.6. The Labute approximate surface area is 132 Å². The van der Waals surface area contributed by atoms with Gasteiger partial charge >= 0.3 is 11.7 Å². The average molecular weight is 322 g/mol. The molecule has 1 saturated heterocycles. The number of carbonyl (C=O) groups is 2. The van der Waals surface area contributed by atoms with Crippen LogP contribution in [0, 0.1) is 10.1 Å². The summed E-state index contributed by atoms with van der Waals surface area (Å²) in [6.07, 6.45) is 0. The SMILES string of the molecule is CCOc1ccc(C2(C)NC(=O)N(CCN)C2=O)cc1[N+](=O)[O-]. The molecule has 0 radical (unpaired) electrons. The molecule has 0 aliphatic carbocycles. The Morgan fingerprint density at radius 1 is 1.43 bits per heavy atom. The average Bonchev–Trinajstić information content (AvgIpc) is 2.72. The van der Waals surface area contributed by atoms with Gasteiger partial charge in [0.1, 0.15) is 5.54 Å². The van der Waals surface area contributed by atoms with Crippen LogP contribution < -0.4 is 15.8 Å². The van der Waals surface area contributed by atoms with Gasteiger partial charge < -0.3 is 15.8 Å². The number of hydrogen-bond donors (Lipinski definition) is 2. The van der Waals surface area contributed by atoms with Crippen LogP contribution in [0.3, 0.4) is 0 Å². The molecular weight excluding hydrogens is 304 g/mol. The van der Waals surface area contributed by atoms with Gasteiger partial charge in [0.2, 0.25) is 0 Å². The molecule has 9 heteroatoms. The highest BCUT2D eigenvalue weighted by Crippen LogP contribution is 2.35. The predicted octanol–water partition coefficient (Wildman–Crippen LogP) is 0.719. The van der Waals surface area contributed by atoms with Gasteiger partial charge in [0.05, 0.1) is 11.5 Å². The standard InChI is InChI=1S/C14H18N4O5/c1-3-23-11-5-4-9(8-10(11)18(21)22)14(2)12(19)17(7-6-15)13(20)16-14/h4-5,8H,3,6-7,15H2,1-2H3,(H,16,20). The Morgan fingerprint density at radius 3 is 2.70 bits per heavy atom. The van der Waals surface area contributed by atoms with Crippen molar-refractivity contribution in [2.75, 3.05) is 19.7 Å². The molecule has 3 N–H and O–H groups in total. The highest BCUT2D eigenvalue weighted by atomic mass is 16.6. The quantitative estimate of drug-likeness (QED) is 0.451. The number of carbonyl (C=O) groups excluding carboxylic acids is 2. The molecule has 1 heterocycles. The van der Waals surface area contributed by atoms with Crippen molar-refractivity contribution in [1.29, 1.82) is 0 Å². The second-order valence-corrected chi connectivity index (χ2v) is 5.17. The van der Waals surface area contributed by atoms with Gasteiger partial charge in [-0.15, -0.1) is 0 Å². The van der Waals surface area contributed by atoms with Crippen molar-refractivity contribution >= 4 is 17.6 Å². The Balaban J connectivity index is 2.45. The molecule has 1 aromatic carbocycles. The van der Waals surface area contributed by atoms with Crippen molar-refractivity contribution in [2.45, 2.75) is 19.4 Å². The van der Waals surface area contributed by atoms with Gasteiger partial charge in [-0.3, -0.25) is 19.8 Å². The second-order valence-electron chi connectivity index (χ2n) is 5.17. The first-order valence-electron chi connectivity index (χ1n) is 7.11. The molecular formula is C14H18N4O5. The molecule has 0 bridgehead atoms. The number of benzene rings is 1. The van der Waals surface area contributed by atoms with Crippen molar-refractivity contribution in [3.8, 4) is 5.75 Å². The van der Waals surface area contributed by atoms with E-state index in [9.17, 15) is 19.7 Å². The maximum Gasteiger partial charge on any atom is 0.325 e. The molecule has 9 nitrogen and oxygen atoms in total. The van der Waals surface area contributed by atoms with Gasteiger partial charge in [0.15, 0.2) is 5.75 Å². The molecule has 1 aromatic rings. The highest BCUT2D eigenvalue weighted by Gasteiger charge is 2.49. The summed E-state index contributed by atoms with van der Waals surface area (Å²) in [5.74, 6) is -0.383. The van der Waals surface area contributed by atoms with E-state index >= 15 is 0 Å². The van der Waals surface area contributed by atoms with Crippen molar-refractivity contribution < 1.29 is 19.2 Å². The highest BCUT2D eigenvalue weighted by molar-refractivity contribution is 6.07. The summed E-state index contributed by atoms with van der Waals surface area (Å²) >= 11 is 0. The first-order valence-corrected chi connectivity index (χ1v) is 7.11.